The first-order valence-corrected chi connectivity index (χ1v) is 5.21. The van der Waals surface area contributed by atoms with Crippen molar-refractivity contribution in [2.45, 2.75) is 45.7 Å². The molecule has 1 heteroatoms. The lowest BCUT2D eigenvalue weighted by atomic mass is 9.44. The molecule has 4 fully saturated rings. The first-order valence-electron chi connectivity index (χ1n) is 5.21. The SMILES string of the molecule is CC1(C)[C@H]2CC[C@@]3(CC3F)[C@@H]1C2. The number of hydrogen-bond donors (Lipinski definition) is 0. The summed E-state index contributed by atoms with van der Waals surface area (Å²) in [5, 5.41) is 0. The Morgan fingerprint density at radius 2 is 2.00 bits per heavy atom. The van der Waals surface area contributed by atoms with Crippen LogP contribution in [0.3, 0.4) is 0 Å². The Labute approximate surface area is 73.5 Å². The van der Waals surface area contributed by atoms with Crippen LogP contribution in [0.25, 0.3) is 0 Å². The molecule has 0 radical (unpaired) electrons. The smallest absolute Gasteiger partial charge is 0.107 e. The van der Waals surface area contributed by atoms with Crippen molar-refractivity contribution in [2.24, 2.45) is 22.7 Å². The van der Waals surface area contributed by atoms with Gasteiger partial charge in [-0.25, -0.2) is 4.39 Å². The maximum Gasteiger partial charge on any atom is 0.107 e. The van der Waals surface area contributed by atoms with E-state index in [4.69, 9.17) is 0 Å². The van der Waals surface area contributed by atoms with Gasteiger partial charge in [0.1, 0.15) is 6.17 Å². The number of fused-ring (bicyclic) bond motifs is 1. The molecule has 0 heterocycles. The Morgan fingerprint density at radius 3 is 2.33 bits per heavy atom. The highest BCUT2D eigenvalue weighted by Gasteiger charge is 2.70. The summed E-state index contributed by atoms with van der Waals surface area (Å²) in [7, 11) is 0. The van der Waals surface area contributed by atoms with Crippen LogP contribution in [-0.4, -0.2) is 6.17 Å². The molecule has 4 atom stereocenters. The predicted molar refractivity (Wildman–Crippen MR) is 46.6 cm³/mol. The molecule has 68 valence electrons. The van der Waals surface area contributed by atoms with E-state index < -0.39 is 6.17 Å². The van der Waals surface area contributed by atoms with Crippen LogP contribution in [0, 0.1) is 22.7 Å². The van der Waals surface area contributed by atoms with Crippen LogP contribution in [0.15, 0.2) is 0 Å². The summed E-state index contributed by atoms with van der Waals surface area (Å²) in [6.45, 7) is 4.69. The summed E-state index contributed by atoms with van der Waals surface area (Å²) in [6, 6.07) is 0. The highest BCUT2D eigenvalue weighted by Crippen LogP contribution is 2.74. The second kappa shape index (κ2) is 1.73. The normalized spacial score (nSPS) is 59.8. The van der Waals surface area contributed by atoms with Crippen LogP contribution in [0.4, 0.5) is 4.39 Å². The van der Waals surface area contributed by atoms with E-state index in [9.17, 15) is 4.39 Å². The van der Waals surface area contributed by atoms with Crippen molar-refractivity contribution in [3.8, 4) is 0 Å². The second-order valence-electron chi connectivity index (χ2n) is 5.75. The minimum Gasteiger partial charge on any atom is -0.247 e. The van der Waals surface area contributed by atoms with E-state index in [1.54, 1.807) is 0 Å². The van der Waals surface area contributed by atoms with Gasteiger partial charge in [0.2, 0.25) is 0 Å². The zero-order valence-corrected chi connectivity index (χ0v) is 7.94. The van der Waals surface area contributed by atoms with E-state index in [0.29, 0.717) is 5.41 Å². The molecule has 1 unspecified atom stereocenters. The first kappa shape index (κ1) is 7.34. The molecule has 4 aliphatic rings. The molecular formula is C11H17F. The average molecular weight is 168 g/mol. The van der Waals surface area contributed by atoms with E-state index in [2.05, 4.69) is 13.8 Å². The molecule has 0 aromatic rings. The largest absolute Gasteiger partial charge is 0.247 e. The number of rotatable bonds is 0. The standard InChI is InChI=1S/C11H17F/c1-10(2)7-3-4-11(6-9(11)12)8(10)5-7/h7-9H,3-6H2,1-2H3/t7-,8+,9?,11+/m0/s1. The Hall–Kier alpha value is -0.0700. The molecule has 0 nitrogen and oxygen atoms in total. The van der Waals surface area contributed by atoms with Crippen molar-refractivity contribution in [2.75, 3.05) is 0 Å². The summed E-state index contributed by atoms with van der Waals surface area (Å²) in [4.78, 5) is 0. The minimum absolute atomic E-state index is 0.179. The number of hydrogen-bond acceptors (Lipinski definition) is 0. The van der Waals surface area contributed by atoms with Crippen LogP contribution in [0.5, 0.6) is 0 Å². The molecule has 0 saturated heterocycles. The first-order chi connectivity index (χ1) is 5.57. The summed E-state index contributed by atoms with van der Waals surface area (Å²) in [6.07, 6.45) is 4.25. The molecule has 4 aliphatic carbocycles. The van der Waals surface area contributed by atoms with E-state index >= 15 is 0 Å². The third-order valence-corrected chi connectivity index (χ3v) is 5.15. The zero-order valence-electron chi connectivity index (χ0n) is 7.94. The molecule has 4 rings (SSSR count). The van der Waals surface area contributed by atoms with E-state index in [1.165, 1.54) is 19.3 Å². The minimum atomic E-state index is -0.442. The maximum atomic E-state index is 13.3. The van der Waals surface area contributed by atoms with Gasteiger partial charge >= 0.3 is 0 Å². The van der Waals surface area contributed by atoms with E-state index in [-0.39, 0.29) is 5.41 Å². The Morgan fingerprint density at radius 1 is 1.33 bits per heavy atom. The lowest BCUT2D eigenvalue weighted by Gasteiger charge is -2.60. The van der Waals surface area contributed by atoms with Gasteiger partial charge in [0.05, 0.1) is 0 Å². The second-order valence-corrected chi connectivity index (χ2v) is 5.75. The van der Waals surface area contributed by atoms with Crippen LogP contribution < -0.4 is 0 Å². The van der Waals surface area contributed by atoms with Crippen molar-refractivity contribution in [1.29, 1.82) is 0 Å². The fourth-order valence-electron chi connectivity index (χ4n) is 3.99. The summed E-state index contributed by atoms with van der Waals surface area (Å²) < 4.78 is 13.3. The number of halogens is 1. The Balaban J connectivity index is 1.92. The molecule has 0 N–H and O–H groups in total. The van der Waals surface area contributed by atoms with Crippen molar-refractivity contribution in [3.63, 3.8) is 0 Å². The van der Waals surface area contributed by atoms with Gasteiger partial charge < -0.3 is 0 Å². The van der Waals surface area contributed by atoms with Crippen molar-refractivity contribution in [1.82, 2.24) is 0 Å². The van der Waals surface area contributed by atoms with Gasteiger partial charge in [-0.3, -0.25) is 0 Å². The van der Waals surface area contributed by atoms with Gasteiger partial charge in [-0.15, -0.1) is 0 Å². The lowest BCUT2D eigenvalue weighted by Crippen LogP contribution is -2.54. The zero-order chi connectivity index (χ0) is 8.56. The van der Waals surface area contributed by atoms with Crippen molar-refractivity contribution in [3.05, 3.63) is 0 Å². The fourth-order valence-corrected chi connectivity index (χ4v) is 3.99. The lowest BCUT2D eigenvalue weighted by molar-refractivity contribution is -0.123. The third kappa shape index (κ3) is 0.581. The number of alkyl halides is 1. The molecule has 0 aromatic heterocycles. The fraction of sp³-hybridized carbons (Fsp3) is 1.00. The quantitative estimate of drug-likeness (QED) is 0.521. The summed E-state index contributed by atoms with van der Waals surface area (Å²) in [5.74, 6) is 1.64. The third-order valence-electron chi connectivity index (χ3n) is 5.15. The van der Waals surface area contributed by atoms with Crippen LogP contribution in [-0.2, 0) is 0 Å². The topological polar surface area (TPSA) is 0 Å². The molecule has 4 saturated carbocycles. The summed E-state index contributed by atoms with van der Waals surface area (Å²) in [5.41, 5.74) is 0.650. The summed E-state index contributed by atoms with van der Waals surface area (Å²) >= 11 is 0. The monoisotopic (exact) mass is 168 g/mol. The molecule has 12 heavy (non-hydrogen) atoms. The molecule has 1 spiro atoms. The van der Waals surface area contributed by atoms with Crippen LogP contribution in [0.2, 0.25) is 0 Å². The van der Waals surface area contributed by atoms with Gasteiger partial charge in [-0.05, 0) is 42.9 Å². The van der Waals surface area contributed by atoms with Gasteiger partial charge in [-0.1, -0.05) is 13.8 Å². The average Bonchev–Trinajstić information content (AvgIpc) is 2.60. The molecule has 2 bridgehead atoms. The molecular weight excluding hydrogens is 151 g/mol. The molecule has 0 amide bonds. The van der Waals surface area contributed by atoms with E-state index in [0.717, 1.165) is 18.3 Å². The molecule has 0 aliphatic heterocycles. The van der Waals surface area contributed by atoms with Crippen LogP contribution >= 0.6 is 0 Å². The van der Waals surface area contributed by atoms with Gasteiger partial charge in [-0.2, -0.15) is 0 Å². The maximum absolute atomic E-state index is 13.3. The van der Waals surface area contributed by atoms with Gasteiger partial charge in [0.15, 0.2) is 0 Å². The Kier molecular flexibility index (Phi) is 1.06. The molecule has 0 aromatic carbocycles. The van der Waals surface area contributed by atoms with Crippen molar-refractivity contribution < 1.29 is 4.39 Å². The Bertz CT molecular complexity index is 231. The predicted octanol–water partition coefficient (Wildman–Crippen LogP) is 3.17. The highest BCUT2D eigenvalue weighted by atomic mass is 19.1. The van der Waals surface area contributed by atoms with E-state index in [1.807, 2.05) is 0 Å². The highest BCUT2D eigenvalue weighted by molar-refractivity contribution is 5.19. The van der Waals surface area contributed by atoms with Gasteiger partial charge in [0.25, 0.3) is 0 Å². The van der Waals surface area contributed by atoms with Crippen LogP contribution in [0.1, 0.15) is 39.5 Å². The van der Waals surface area contributed by atoms with Crippen molar-refractivity contribution >= 4 is 0 Å². The van der Waals surface area contributed by atoms with Gasteiger partial charge in [0, 0.05) is 5.41 Å².